The average Bonchev–Trinajstić information content (AvgIpc) is 2.43. The molecule has 0 aromatic heterocycles. The average molecular weight is 263 g/mol. The minimum atomic E-state index is -0.648. The fourth-order valence-corrected chi connectivity index (χ4v) is 1.90. The largest absolute Gasteiger partial charge is 0.496 e. The Labute approximate surface area is 110 Å². The van der Waals surface area contributed by atoms with E-state index in [1.807, 2.05) is 24.5 Å². The van der Waals surface area contributed by atoms with E-state index < -0.39 is 5.97 Å². The summed E-state index contributed by atoms with van der Waals surface area (Å²) in [6.45, 7) is 0. The van der Waals surface area contributed by atoms with Crippen molar-refractivity contribution in [2.45, 2.75) is 4.90 Å². The molecule has 1 aromatic carbocycles. The van der Waals surface area contributed by atoms with Crippen LogP contribution in [0.15, 0.2) is 28.7 Å². The predicted octanol–water partition coefficient (Wildman–Crippen LogP) is 2.50. The van der Waals surface area contributed by atoms with Crippen molar-refractivity contribution in [3.05, 3.63) is 29.3 Å². The monoisotopic (exact) mass is 263 g/mol. The van der Waals surface area contributed by atoms with Gasteiger partial charge in [0.05, 0.1) is 14.2 Å². The number of nitrogens with zero attached hydrogens (tertiary/aromatic N) is 1. The van der Waals surface area contributed by atoms with Crippen LogP contribution in [0.1, 0.15) is 5.56 Å². The van der Waals surface area contributed by atoms with E-state index in [4.69, 9.17) is 10.00 Å². The molecule has 4 nitrogen and oxygen atoms in total. The van der Waals surface area contributed by atoms with Gasteiger partial charge in [0.2, 0.25) is 0 Å². The molecule has 94 valence electrons. The Bertz CT molecular complexity index is 517. The summed E-state index contributed by atoms with van der Waals surface area (Å²) in [6, 6.07) is 7.27. The van der Waals surface area contributed by atoms with Crippen molar-refractivity contribution in [2.75, 3.05) is 20.5 Å². The number of ether oxygens (including phenoxy) is 2. The van der Waals surface area contributed by atoms with E-state index in [0.29, 0.717) is 11.3 Å². The maximum atomic E-state index is 11.3. The molecule has 5 heteroatoms. The lowest BCUT2D eigenvalue weighted by molar-refractivity contribution is -0.135. The van der Waals surface area contributed by atoms with E-state index in [2.05, 4.69) is 4.74 Å². The highest BCUT2D eigenvalue weighted by Crippen LogP contribution is 2.29. The standard InChI is InChI=1S/C13H13NO3S/c1-16-11-7-9(4-5-12(11)18-3)6-10(8-14)13(15)17-2/h4-7H,1-3H3/b10-6-. The molecule has 0 spiro atoms. The Morgan fingerprint density at radius 1 is 1.44 bits per heavy atom. The lowest BCUT2D eigenvalue weighted by Gasteiger charge is -2.07. The number of hydrogen-bond donors (Lipinski definition) is 0. The van der Waals surface area contributed by atoms with Crippen molar-refractivity contribution in [3.8, 4) is 11.8 Å². The molecule has 1 rings (SSSR count). The molecule has 0 saturated heterocycles. The van der Waals surface area contributed by atoms with Crippen molar-refractivity contribution in [2.24, 2.45) is 0 Å². The molecule has 18 heavy (non-hydrogen) atoms. The minimum absolute atomic E-state index is 0.0449. The number of nitriles is 1. The molecule has 0 N–H and O–H groups in total. The second kappa shape index (κ2) is 6.72. The highest BCUT2D eigenvalue weighted by atomic mass is 32.2. The van der Waals surface area contributed by atoms with Crippen molar-refractivity contribution < 1.29 is 14.3 Å². The quantitative estimate of drug-likeness (QED) is 0.361. The van der Waals surface area contributed by atoms with E-state index in [1.165, 1.54) is 13.2 Å². The molecule has 0 heterocycles. The van der Waals surface area contributed by atoms with Gasteiger partial charge >= 0.3 is 5.97 Å². The van der Waals surface area contributed by atoms with Crippen LogP contribution in [-0.4, -0.2) is 26.4 Å². The van der Waals surface area contributed by atoms with E-state index in [-0.39, 0.29) is 5.57 Å². The normalized spacial score (nSPS) is 10.7. The number of rotatable bonds is 4. The maximum absolute atomic E-state index is 11.3. The van der Waals surface area contributed by atoms with Crippen molar-refractivity contribution in [3.63, 3.8) is 0 Å². The number of hydrogen-bond acceptors (Lipinski definition) is 5. The van der Waals surface area contributed by atoms with Gasteiger partial charge in [-0.25, -0.2) is 4.79 Å². The van der Waals surface area contributed by atoms with Crippen LogP contribution in [0.3, 0.4) is 0 Å². The molecule has 0 atom stereocenters. The lowest BCUT2D eigenvalue weighted by atomic mass is 10.1. The van der Waals surface area contributed by atoms with Gasteiger partial charge in [0.15, 0.2) is 0 Å². The van der Waals surface area contributed by atoms with Gasteiger partial charge in [-0.1, -0.05) is 6.07 Å². The van der Waals surface area contributed by atoms with Gasteiger partial charge in [-0.15, -0.1) is 11.8 Å². The first-order valence-corrected chi connectivity index (χ1v) is 6.30. The molecule has 0 radical (unpaired) electrons. The summed E-state index contributed by atoms with van der Waals surface area (Å²) in [4.78, 5) is 12.3. The molecule has 0 bridgehead atoms. The zero-order valence-corrected chi connectivity index (χ0v) is 11.2. The second-order valence-corrected chi connectivity index (χ2v) is 4.12. The number of benzene rings is 1. The summed E-state index contributed by atoms with van der Waals surface area (Å²) in [5, 5.41) is 8.86. The highest BCUT2D eigenvalue weighted by Gasteiger charge is 2.09. The van der Waals surface area contributed by atoms with Crippen LogP contribution in [0.25, 0.3) is 6.08 Å². The first-order valence-electron chi connectivity index (χ1n) is 5.08. The Kier molecular flexibility index (Phi) is 5.28. The van der Waals surface area contributed by atoms with E-state index >= 15 is 0 Å². The first-order chi connectivity index (χ1) is 8.65. The van der Waals surface area contributed by atoms with Gasteiger partial charge < -0.3 is 9.47 Å². The SMILES string of the molecule is COC(=O)/C(C#N)=C\c1ccc(SC)c(OC)c1. The van der Waals surface area contributed by atoms with Gasteiger partial charge in [-0.05, 0) is 30.0 Å². The van der Waals surface area contributed by atoms with Crippen LogP contribution >= 0.6 is 11.8 Å². The van der Waals surface area contributed by atoms with E-state index in [0.717, 1.165) is 4.90 Å². The fourth-order valence-electron chi connectivity index (χ4n) is 1.36. The summed E-state index contributed by atoms with van der Waals surface area (Å²) < 4.78 is 9.74. The zero-order chi connectivity index (χ0) is 13.5. The van der Waals surface area contributed by atoms with Crippen LogP contribution in [0.4, 0.5) is 0 Å². The number of carbonyl (C=O) groups excluding carboxylic acids is 1. The molecule has 0 unspecified atom stereocenters. The van der Waals surface area contributed by atoms with Crippen LogP contribution in [0, 0.1) is 11.3 Å². The van der Waals surface area contributed by atoms with E-state index in [1.54, 1.807) is 24.9 Å². The van der Waals surface area contributed by atoms with E-state index in [9.17, 15) is 4.79 Å². The smallest absolute Gasteiger partial charge is 0.348 e. The summed E-state index contributed by atoms with van der Waals surface area (Å²) in [5.74, 6) is 0.0591. The Hall–Kier alpha value is -1.93. The third-order valence-electron chi connectivity index (χ3n) is 2.24. The van der Waals surface area contributed by atoms with Gasteiger partial charge in [0, 0.05) is 4.90 Å². The third kappa shape index (κ3) is 3.28. The third-order valence-corrected chi connectivity index (χ3v) is 3.02. The summed E-state index contributed by atoms with van der Waals surface area (Å²) in [5.41, 5.74) is 0.669. The summed E-state index contributed by atoms with van der Waals surface area (Å²) in [7, 11) is 2.82. The molecule has 1 aromatic rings. The highest BCUT2D eigenvalue weighted by molar-refractivity contribution is 7.98. The molecular formula is C13H13NO3S. The molecule has 0 fully saturated rings. The van der Waals surface area contributed by atoms with Crippen LogP contribution < -0.4 is 4.74 Å². The van der Waals surface area contributed by atoms with Crippen molar-refractivity contribution in [1.29, 1.82) is 5.26 Å². The number of carbonyl (C=O) groups is 1. The maximum Gasteiger partial charge on any atom is 0.348 e. The van der Waals surface area contributed by atoms with Gasteiger partial charge in [0.25, 0.3) is 0 Å². The minimum Gasteiger partial charge on any atom is -0.496 e. The zero-order valence-electron chi connectivity index (χ0n) is 10.4. The Morgan fingerprint density at radius 2 is 2.17 bits per heavy atom. The van der Waals surface area contributed by atoms with Gasteiger partial charge in [-0.3, -0.25) is 0 Å². The fraction of sp³-hybridized carbons (Fsp3) is 0.231. The Balaban J connectivity index is 3.15. The predicted molar refractivity (Wildman–Crippen MR) is 70.4 cm³/mol. The molecule has 0 aliphatic carbocycles. The first kappa shape index (κ1) is 14.1. The Morgan fingerprint density at radius 3 is 2.67 bits per heavy atom. The molecule has 0 aliphatic heterocycles. The second-order valence-electron chi connectivity index (χ2n) is 3.28. The van der Waals surface area contributed by atoms with Gasteiger partial charge in [-0.2, -0.15) is 5.26 Å². The topological polar surface area (TPSA) is 59.3 Å². The molecular weight excluding hydrogens is 250 g/mol. The van der Waals surface area contributed by atoms with Gasteiger partial charge in [0.1, 0.15) is 17.4 Å². The number of esters is 1. The van der Waals surface area contributed by atoms with Crippen LogP contribution in [0.5, 0.6) is 5.75 Å². The number of thioether (sulfide) groups is 1. The van der Waals surface area contributed by atoms with Crippen LogP contribution in [0.2, 0.25) is 0 Å². The van der Waals surface area contributed by atoms with Crippen molar-refractivity contribution >= 4 is 23.8 Å². The summed E-state index contributed by atoms with van der Waals surface area (Å²) in [6.07, 6.45) is 3.42. The summed E-state index contributed by atoms with van der Waals surface area (Å²) >= 11 is 1.56. The van der Waals surface area contributed by atoms with Crippen LogP contribution in [-0.2, 0) is 9.53 Å². The molecule has 0 amide bonds. The molecule has 0 saturated carbocycles. The molecule has 0 aliphatic rings. The lowest BCUT2D eigenvalue weighted by Crippen LogP contribution is -2.02. The van der Waals surface area contributed by atoms with Crippen molar-refractivity contribution in [1.82, 2.24) is 0 Å². The number of methoxy groups -OCH3 is 2.